The molecule has 0 saturated carbocycles. The number of aliphatic hydroxyl groups excluding tert-OH is 1. The Bertz CT molecular complexity index is 555. The van der Waals surface area contributed by atoms with Crippen LogP contribution >= 0.6 is 0 Å². The Balaban J connectivity index is 2.84. The molecule has 2 rings (SSSR count). The van der Waals surface area contributed by atoms with E-state index in [1.807, 2.05) is 6.07 Å². The first-order chi connectivity index (χ1) is 7.52. The number of carboxylic acids is 1. The molecule has 2 N–H and O–H groups in total. The van der Waals surface area contributed by atoms with Crippen LogP contribution in [-0.2, 0) is 7.05 Å². The number of aryl methyl sites for hydroxylation is 1. The van der Waals surface area contributed by atoms with E-state index in [2.05, 4.69) is 0 Å². The zero-order valence-corrected chi connectivity index (χ0v) is 9.14. The van der Waals surface area contributed by atoms with Crippen molar-refractivity contribution < 1.29 is 15.0 Å². The van der Waals surface area contributed by atoms with Crippen molar-refractivity contribution in [3.63, 3.8) is 0 Å². The molecule has 0 aliphatic heterocycles. The molecule has 1 unspecified atom stereocenters. The lowest BCUT2D eigenvalue weighted by Gasteiger charge is -2.02. The second kappa shape index (κ2) is 3.64. The molecule has 1 aromatic heterocycles. The monoisotopic (exact) mass is 219 g/mol. The number of aliphatic hydroxyl groups is 1. The van der Waals surface area contributed by atoms with Crippen molar-refractivity contribution in [2.24, 2.45) is 7.05 Å². The van der Waals surface area contributed by atoms with E-state index in [-0.39, 0.29) is 5.56 Å². The van der Waals surface area contributed by atoms with Gasteiger partial charge in [-0.05, 0) is 13.0 Å². The van der Waals surface area contributed by atoms with Crippen molar-refractivity contribution in [1.29, 1.82) is 0 Å². The topological polar surface area (TPSA) is 62.5 Å². The SMILES string of the molecule is CC(O)c1cn(C)c2c(C(=O)O)cccc12. The van der Waals surface area contributed by atoms with Crippen molar-refractivity contribution in [3.8, 4) is 0 Å². The lowest BCUT2D eigenvalue weighted by Crippen LogP contribution is -1.99. The predicted octanol–water partition coefficient (Wildman–Crippen LogP) is 1.93. The molecule has 0 aliphatic carbocycles. The summed E-state index contributed by atoms with van der Waals surface area (Å²) in [4.78, 5) is 11.1. The van der Waals surface area contributed by atoms with Crippen LogP contribution in [0.15, 0.2) is 24.4 Å². The number of hydrogen-bond acceptors (Lipinski definition) is 2. The minimum Gasteiger partial charge on any atom is -0.478 e. The zero-order chi connectivity index (χ0) is 11.9. The Morgan fingerprint density at radius 2 is 2.12 bits per heavy atom. The van der Waals surface area contributed by atoms with Gasteiger partial charge in [0.2, 0.25) is 0 Å². The van der Waals surface area contributed by atoms with E-state index < -0.39 is 12.1 Å². The van der Waals surface area contributed by atoms with Crippen molar-refractivity contribution in [2.45, 2.75) is 13.0 Å². The van der Waals surface area contributed by atoms with Gasteiger partial charge in [-0.1, -0.05) is 12.1 Å². The van der Waals surface area contributed by atoms with E-state index in [0.29, 0.717) is 5.52 Å². The molecule has 4 heteroatoms. The first-order valence-electron chi connectivity index (χ1n) is 5.01. The van der Waals surface area contributed by atoms with E-state index in [4.69, 9.17) is 5.11 Å². The van der Waals surface area contributed by atoms with E-state index in [9.17, 15) is 9.90 Å². The normalized spacial score (nSPS) is 12.9. The van der Waals surface area contributed by atoms with Crippen LogP contribution < -0.4 is 0 Å². The maximum Gasteiger partial charge on any atom is 0.337 e. The van der Waals surface area contributed by atoms with Crippen LogP contribution in [0.3, 0.4) is 0 Å². The van der Waals surface area contributed by atoms with Gasteiger partial charge in [0.1, 0.15) is 0 Å². The first kappa shape index (κ1) is 10.7. The average molecular weight is 219 g/mol. The molecule has 0 saturated heterocycles. The van der Waals surface area contributed by atoms with Crippen LogP contribution in [0.25, 0.3) is 10.9 Å². The Hall–Kier alpha value is -1.81. The molecule has 0 amide bonds. The Labute approximate surface area is 92.7 Å². The zero-order valence-electron chi connectivity index (χ0n) is 9.14. The van der Waals surface area contributed by atoms with Crippen LogP contribution in [0.4, 0.5) is 0 Å². The summed E-state index contributed by atoms with van der Waals surface area (Å²) in [6.07, 6.45) is 1.16. The maximum absolute atomic E-state index is 11.1. The molecule has 0 bridgehead atoms. The summed E-state index contributed by atoms with van der Waals surface area (Å²) < 4.78 is 1.74. The number of aromatic nitrogens is 1. The van der Waals surface area contributed by atoms with E-state index in [1.54, 1.807) is 36.9 Å². The summed E-state index contributed by atoms with van der Waals surface area (Å²) in [6, 6.07) is 5.08. The van der Waals surface area contributed by atoms with Gasteiger partial charge < -0.3 is 14.8 Å². The van der Waals surface area contributed by atoms with Crippen LogP contribution in [0.1, 0.15) is 28.9 Å². The molecule has 2 aromatic rings. The second-order valence-electron chi connectivity index (χ2n) is 3.88. The minimum atomic E-state index is -0.955. The molecule has 0 spiro atoms. The summed E-state index contributed by atoms with van der Waals surface area (Å²) >= 11 is 0. The Morgan fingerprint density at radius 3 is 2.69 bits per heavy atom. The van der Waals surface area contributed by atoms with Crippen molar-refractivity contribution in [1.82, 2.24) is 4.57 Å². The van der Waals surface area contributed by atoms with Gasteiger partial charge in [-0.3, -0.25) is 0 Å². The van der Waals surface area contributed by atoms with Gasteiger partial charge in [0.05, 0.1) is 17.2 Å². The average Bonchev–Trinajstić information content (AvgIpc) is 2.56. The van der Waals surface area contributed by atoms with E-state index >= 15 is 0 Å². The number of hydrogen-bond donors (Lipinski definition) is 2. The van der Waals surface area contributed by atoms with E-state index in [0.717, 1.165) is 10.9 Å². The third kappa shape index (κ3) is 1.47. The molecule has 0 fully saturated rings. The highest BCUT2D eigenvalue weighted by Crippen LogP contribution is 2.28. The van der Waals surface area contributed by atoms with E-state index in [1.165, 1.54) is 0 Å². The van der Waals surface area contributed by atoms with Crippen LogP contribution in [0, 0.1) is 0 Å². The molecule has 4 nitrogen and oxygen atoms in total. The van der Waals surface area contributed by atoms with Gasteiger partial charge in [-0.15, -0.1) is 0 Å². The predicted molar refractivity (Wildman–Crippen MR) is 60.5 cm³/mol. The van der Waals surface area contributed by atoms with Crippen LogP contribution in [-0.4, -0.2) is 20.7 Å². The fourth-order valence-electron chi connectivity index (χ4n) is 2.00. The molecule has 0 aliphatic rings. The number of nitrogens with zero attached hydrogens (tertiary/aromatic N) is 1. The number of para-hydroxylation sites is 1. The highest BCUT2D eigenvalue weighted by molar-refractivity contribution is 6.03. The number of fused-ring (bicyclic) bond motifs is 1. The van der Waals surface area contributed by atoms with Crippen molar-refractivity contribution in [2.75, 3.05) is 0 Å². The second-order valence-corrected chi connectivity index (χ2v) is 3.88. The molecule has 1 heterocycles. The summed E-state index contributed by atoms with van der Waals surface area (Å²) in [6.45, 7) is 1.67. The molecule has 16 heavy (non-hydrogen) atoms. The Morgan fingerprint density at radius 1 is 1.44 bits per heavy atom. The van der Waals surface area contributed by atoms with Crippen molar-refractivity contribution in [3.05, 3.63) is 35.5 Å². The highest BCUT2D eigenvalue weighted by atomic mass is 16.4. The standard InChI is InChI=1S/C12H13NO3/c1-7(14)10-6-13(2)11-8(10)4-3-5-9(11)12(15)16/h3-7,14H,1-2H3,(H,15,16). The van der Waals surface area contributed by atoms with Gasteiger partial charge in [0.15, 0.2) is 0 Å². The molecular weight excluding hydrogens is 206 g/mol. The number of carbonyl (C=O) groups is 1. The fraction of sp³-hybridized carbons (Fsp3) is 0.250. The lowest BCUT2D eigenvalue weighted by molar-refractivity contribution is 0.0698. The van der Waals surface area contributed by atoms with Crippen LogP contribution in [0.2, 0.25) is 0 Å². The number of rotatable bonds is 2. The smallest absolute Gasteiger partial charge is 0.337 e. The minimum absolute atomic E-state index is 0.256. The third-order valence-electron chi connectivity index (χ3n) is 2.71. The van der Waals surface area contributed by atoms with Crippen molar-refractivity contribution >= 4 is 16.9 Å². The maximum atomic E-state index is 11.1. The first-order valence-corrected chi connectivity index (χ1v) is 5.01. The van der Waals surface area contributed by atoms with Gasteiger partial charge in [0, 0.05) is 24.2 Å². The lowest BCUT2D eigenvalue weighted by atomic mass is 10.1. The third-order valence-corrected chi connectivity index (χ3v) is 2.71. The number of benzene rings is 1. The molecule has 1 atom stereocenters. The molecule has 0 radical (unpaired) electrons. The number of aromatic carboxylic acids is 1. The van der Waals surface area contributed by atoms with Gasteiger partial charge in [0.25, 0.3) is 0 Å². The fourth-order valence-corrected chi connectivity index (χ4v) is 2.00. The molecule has 1 aromatic carbocycles. The summed E-state index contributed by atoms with van der Waals surface area (Å²) in [5, 5.41) is 19.5. The molecular formula is C12H13NO3. The highest BCUT2D eigenvalue weighted by Gasteiger charge is 2.16. The summed E-state index contributed by atoms with van der Waals surface area (Å²) in [5.41, 5.74) is 1.65. The van der Waals surface area contributed by atoms with Crippen LogP contribution in [0.5, 0.6) is 0 Å². The quantitative estimate of drug-likeness (QED) is 0.811. The summed E-state index contributed by atoms with van der Waals surface area (Å²) in [7, 11) is 1.78. The van der Waals surface area contributed by atoms with Gasteiger partial charge >= 0.3 is 5.97 Å². The van der Waals surface area contributed by atoms with Gasteiger partial charge in [-0.2, -0.15) is 0 Å². The largest absolute Gasteiger partial charge is 0.478 e. The summed E-state index contributed by atoms with van der Waals surface area (Å²) in [5.74, 6) is -0.955. The Kier molecular flexibility index (Phi) is 2.44. The van der Waals surface area contributed by atoms with Gasteiger partial charge in [-0.25, -0.2) is 4.79 Å². The number of carboxylic acid groups (broad SMARTS) is 1. The molecule has 84 valence electrons.